The number of methoxy groups -OCH3 is 2. The van der Waals surface area contributed by atoms with Gasteiger partial charge in [-0.3, -0.25) is 20.0 Å². The number of carbonyl (C=O) groups is 4. The number of alkyl carbamates (subject to hydrolysis) is 2. The summed E-state index contributed by atoms with van der Waals surface area (Å²) in [4.78, 5) is 59.5. The zero-order valence-corrected chi connectivity index (χ0v) is 34.0. The fourth-order valence-electron chi connectivity index (χ4n) is 5.46. The third-order valence-corrected chi connectivity index (χ3v) is 8.52. The Hall–Kier alpha value is -5.13. The zero-order valence-electron chi connectivity index (χ0n) is 48.0. The Balaban J connectivity index is 2.17. The second-order valence-electron chi connectivity index (χ2n) is 14.4. The van der Waals surface area contributed by atoms with Crippen molar-refractivity contribution in [3.05, 3.63) is 90.1 Å². The Morgan fingerprint density at radius 1 is 0.767 bits per heavy atom. The first kappa shape index (κ1) is 31.7. The number of pyridine rings is 1. The number of hydrogen-bond acceptors (Lipinski definition) is 12. The first-order chi connectivity index (χ1) is 34.2. The van der Waals surface area contributed by atoms with E-state index in [4.69, 9.17) is 35.4 Å². The molecule has 1 heterocycles. The molecule has 3 aromatic rings. The van der Waals surface area contributed by atoms with Crippen molar-refractivity contribution in [3.8, 4) is 11.3 Å². The van der Waals surface area contributed by atoms with Gasteiger partial charge in [-0.15, -0.1) is 0 Å². The molecule has 330 valence electrons. The average molecular weight is 851 g/mol. The quantitative estimate of drug-likeness (QED) is 0.0673. The molecule has 2 aromatic carbocycles. The molecule has 3 rings (SSSR count). The van der Waals surface area contributed by atoms with Gasteiger partial charge in [-0.05, 0) is 40.5 Å². The molecule has 0 bridgehead atoms. The SMILES string of the molecule is [2H]C([2H])([2H])OC(=O)N[C@H](C(=O)NN(C[C@H](O)[C@H](Cc1ccccc1)NC(=O)[C@@H](NC(=O)OCCOCCOCCOC)C(C([2H])([2H])[2H])(C([2H])([2H])[2H])C([2H])([2H])[2H])C([2H])([2H])c1ccc(-c2ccccn2)cc1)C(C)(C)C. The molecule has 0 fully saturated rings. The maximum absolute atomic E-state index is 14.8. The summed E-state index contributed by atoms with van der Waals surface area (Å²) in [6.07, 6.45) is -4.13. The van der Waals surface area contributed by atoms with Crippen LogP contribution in [0.2, 0.25) is 0 Å². The van der Waals surface area contributed by atoms with E-state index in [0.29, 0.717) is 28.4 Å². The number of hydrazine groups is 1. The highest BCUT2D eigenvalue weighted by molar-refractivity contribution is 5.87. The fourth-order valence-corrected chi connectivity index (χ4v) is 5.46. The van der Waals surface area contributed by atoms with Crippen molar-refractivity contribution in [2.24, 2.45) is 10.8 Å². The van der Waals surface area contributed by atoms with Gasteiger partial charge in [-0.2, -0.15) is 0 Å². The van der Waals surface area contributed by atoms with Gasteiger partial charge in [0.1, 0.15) is 18.7 Å². The largest absolute Gasteiger partial charge is 0.453 e. The molecule has 60 heavy (non-hydrogen) atoms. The topological polar surface area (TPSA) is 199 Å². The first-order valence-corrected chi connectivity index (χ1v) is 18.9. The van der Waals surface area contributed by atoms with Gasteiger partial charge < -0.3 is 44.7 Å². The van der Waals surface area contributed by atoms with E-state index in [0.717, 1.165) is 0 Å². The van der Waals surface area contributed by atoms with E-state index in [1.54, 1.807) is 42.6 Å². The Kier molecular flexibility index (Phi) is 13.1. The minimum atomic E-state index is -4.07. The standard InChI is InChI=1S/C44H64N6O10/c1-43(2,3)37(48-42(55)60-27-26-59-25-24-58-23-22-56-7)39(52)46-35(28-31-14-10-9-11-15-31)36(51)30-50(49-40(53)38(44(4,5)6)47-41(54)57-8)29-32-17-19-33(20-18-32)34-16-12-13-21-45-34/h9-21,35-38,51H,22-30H2,1-8H3,(H,46,52)(H,47,54)(H,48,55)(H,49,53)/t35-,36-,37+,38+/m0/s1/i1D3,2D3,3D3,8D3,29D2. The minimum Gasteiger partial charge on any atom is -0.453 e. The van der Waals surface area contributed by atoms with Crippen molar-refractivity contribution >= 4 is 24.0 Å². The van der Waals surface area contributed by atoms with E-state index in [1.807, 2.05) is 5.32 Å². The van der Waals surface area contributed by atoms with Crippen molar-refractivity contribution in [1.82, 2.24) is 31.4 Å². The summed E-state index contributed by atoms with van der Waals surface area (Å²) in [5.74, 6) is -2.91. The van der Waals surface area contributed by atoms with Gasteiger partial charge in [0, 0.05) is 44.2 Å². The van der Waals surface area contributed by atoms with E-state index in [-0.39, 0.29) is 32.0 Å². The molecule has 1 aromatic heterocycles. The van der Waals surface area contributed by atoms with E-state index >= 15 is 0 Å². The van der Waals surface area contributed by atoms with Crippen LogP contribution < -0.4 is 21.4 Å². The lowest BCUT2D eigenvalue weighted by atomic mass is 9.85. The molecule has 4 amide bonds. The third-order valence-electron chi connectivity index (χ3n) is 8.52. The molecule has 0 unspecified atom stereocenters. The second kappa shape index (κ2) is 24.8. The number of carbonyl (C=O) groups excluding carboxylic acids is 4. The van der Waals surface area contributed by atoms with Gasteiger partial charge >= 0.3 is 12.2 Å². The number of ether oxygens (including phenoxy) is 5. The number of amides is 4. The smallest absolute Gasteiger partial charge is 0.407 e. The van der Waals surface area contributed by atoms with E-state index < -0.39 is 113 Å². The van der Waals surface area contributed by atoms with E-state index in [9.17, 15) is 27.0 Å². The number of aromatic nitrogens is 1. The lowest BCUT2D eigenvalue weighted by molar-refractivity contribution is -0.132. The van der Waals surface area contributed by atoms with Gasteiger partial charge in [0.2, 0.25) is 5.91 Å². The highest BCUT2D eigenvalue weighted by Gasteiger charge is 2.37. The lowest BCUT2D eigenvalue weighted by Crippen LogP contribution is -2.61. The number of nitrogens with one attached hydrogen (secondary N) is 4. The Morgan fingerprint density at radius 2 is 1.40 bits per heavy atom. The molecule has 5 N–H and O–H groups in total. The summed E-state index contributed by atoms with van der Waals surface area (Å²) in [5, 5.41) is 19.2. The molecular formula is C44H64N6O10. The summed E-state index contributed by atoms with van der Waals surface area (Å²) in [7, 11) is -1.74. The van der Waals surface area contributed by atoms with Gasteiger partial charge in [0.15, 0.2) is 0 Å². The molecule has 16 heteroatoms. The minimum absolute atomic E-state index is 0.0292. The molecule has 0 aliphatic carbocycles. The highest BCUT2D eigenvalue weighted by atomic mass is 16.6. The molecule has 16 nitrogen and oxygen atoms in total. The second-order valence-corrected chi connectivity index (χ2v) is 14.4. The molecule has 0 aliphatic rings. The summed E-state index contributed by atoms with van der Waals surface area (Å²) in [6.45, 7) is -11.7. The highest BCUT2D eigenvalue weighted by Crippen LogP contribution is 2.23. The van der Waals surface area contributed by atoms with Crippen molar-refractivity contribution < 1.29 is 67.2 Å². The van der Waals surface area contributed by atoms with Crippen LogP contribution in [-0.2, 0) is 46.2 Å². The molecule has 4 atom stereocenters. The normalized spacial score (nSPS) is 18.2. The molecular weight excluding hydrogens is 773 g/mol. The van der Waals surface area contributed by atoms with Gasteiger partial charge in [0.05, 0.1) is 64.8 Å². The van der Waals surface area contributed by atoms with Crippen molar-refractivity contribution in [2.45, 2.75) is 78.5 Å². The maximum atomic E-state index is 14.8. The molecule has 0 saturated heterocycles. The summed E-state index contributed by atoms with van der Waals surface area (Å²) < 4.78 is 141. The Bertz CT molecular complexity index is 2220. The average Bonchev–Trinajstić information content (AvgIpc) is 3.27. The number of rotatable bonds is 23. The van der Waals surface area contributed by atoms with Crippen molar-refractivity contribution in [2.75, 3.05) is 60.3 Å². The van der Waals surface area contributed by atoms with Crippen molar-refractivity contribution in [3.63, 3.8) is 0 Å². The van der Waals surface area contributed by atoms with Crippen LogP contribution in [0, 0.1) is 10.8 Å². The van der Waals surface area contributed by atoms with Gasteiger partial charge in [-0.1, -0.05) is 102 Å². The predicted octanol–water partition coefficient (Wildman–Crippen LogP) is 4.26. The third kappa shape index (κ3) is 17.6. The van der Waals surface area contributed by atoms with E-state index in [1.165, 1.54) is 64.3 Å². The molecule has 0 radical (unpaired) electrons. The number of aliphatic hydroxyl groups is 1. The number of aliphatic hydroxyl groups excluding tert-OH is 1. The van der Waals surface area contributed by atoms with Crippen LogP contribution in [0.1, 0.15) is 71.6 Å². The molecule has 0 aliphatic heterocycles. The first-order valence-electron chi connectivity index (χ1n) is 25.9. The van der Waals surface area contributed by atoms with Crippen molar-refractivity contribution in [1.29, 1.82) is 0 Å². The number of hydrogen-bond donors (Lipinski definition) is 5. The lowest BCUT2D eigenvalue weighted by Gasteiger charge is -2.35. The van der Waals surface area contributed by atoms with Crippen LogP contribution in [0.25, 0.3) is 11.3 Å². The summed E-state index contributed by atoms with van der Waals surface area (Å²) in [5.41, 5.74) is -1.66. The van der Waals surface area contributed by atoms with Crippen LogP contribution in [-0.4, -0.2) is 124 Å². The number of benzene rings is 2. The maximum Gasteiger partial charge on any atom is 0.407 e. The van der Waals surface area contributed by atoms with Gasteiger partial charge in [-0.25, -0.2) is 14.6 Å². The summed E-state index contributed by atoms with van der Waals surface area (Å²) in [6, 6.07) is 12.3. The summed E-state index contributed by atoms with van der Waals surface area (Å²) >= 11 is 0. The monoisotopic (exact) mass is 851 g/mol. The number of nitrogens with zero attached hydrogens (tertiary/aromatic N) is 2. The Morgan fingerprint density at radius 3 is 2.02 bits per heavy atom. The van der Waals surface area contributed by atoms with Crippen LogP contribution in [0.3, 0.4) is 0 Å². The van der Waals surface area contributed by atoms with Crippen LogP contribution >= 0.6 is 0 Å². The molecule has 0 saturated carbocycles. The van der Waals surface area contributed by atoms with E-state index in [2.05, 4.69) is 25.8 Å². The van der Waals surface area contributed by atoms with Crippen LogP contribution in [0.4, 0.5) is 9.59 Å². The van der Waals surface area contributed by atoms with Gasteiger partial charge in [0.25, 0.3) is 5.91 Å². The molecule has 0 spiro atoms. The fraction of sp³-hybridized carbons (Fsp3) is 0.523. The predicted molar refractivity (Wildman–Crippen MR) is 226 cm³/mol. The Labute approximate surface area is 373 Å². The van der Waals surface area contributed by atoms with Crippen LogP contribution in [0.15, 0.2) is 79.0 Å². The zero-order chi connectivity index (χ0) is 55.9. The van der Waals surface area contributed by atoms with Crippen LogP contribution in [0.5, 0.6) is 0 Å².